The SMILES string of the molecule is COC(=O)C1(OC)CCCN1C(=O)OC(C)(C)C. The maximum atomic E-state index is 12.1. The zero-order valence-corrected chi connectivity index (χ0v) is 11.6. The topological polar surface area (TPSA) is 65.1 Å². The Hall–Kier alpha value is -1.30. The molecule has 1 aliphatic rings. The van der Waals surface area contributed by atoms with Crippen molar-refractivity contribution >= 4 is 12.1 Å². The Morgan fingerprint density at radius 2 is 1.83 bits per heavy atom. The molecule has 0 aromatic carbocycles. The van der Waals surface area contributed by atoms with E-state index in [9.17, 15) is 9.59 Å². The molecule has 1 atom stereocenters. The molecule has 1 aliphatic heterocycles. The van der Waals surface area contributed by atoms with Gasteiger partial charge in [0.15, 0.2) is 0 Å². The summed E-state index contributed by atoms with van der Waals surface area (Å²) < 4.78 is 15.2. The van der Waals surface area contributed by atoms with Crippen LogP contribution in [0, 0.1) is 0 Å². The number of ether oxygens (including phenoxy) is 3. The first-order valence-electron chi connectivity index (χ1n) is 5.91. The van der Waals surface area contributed by atoms with E-state index in [0.29, 0.717) is 19.4 Å². The predicted octanol–water partition coefficient (Wildman–Crippen LogP) is 1.53. The van der Waals surface area contributed by atoms with Gasteiger partial charge in [-0.25, -0.2) is 9.59 Å². The number of likely N-dealkylation sites (tertiary alicyclic amines) is 1. The lowest BCUT2D eigenvalue weighted by atomic mass is 10.1. The third-order valence-corrected chi connectivity index (χ3v) is 2.79. The molecule has 1 unspecified atom stereocenters. The highest BCUT2D eigenvalue weighted by molar-refractivity contribution is 5.85. The van der Waals surface area contributed by atoms with E-state index in [0.717, 1.165) is 0 Å². The van der Waals surface area contributed by atoms with Crippen LogP contribution in [0.15, 0.2) is 0 Å². The van der Waals surface area contributed by atoms with E-state index in [2.05, 4.69) is 0 Å². The highest BCUT2D eigenvalue weighted by atomic mass is 16.6. The highest BCUT2D eigenvalue weighted by Crippen LogP contribution is 2.32. The Labute approximate surface area is 107 Å². The molecule has 1 heterocycles. The van der Waals surface area contributed by atoms with Gasteiger partial charge < -0.3 is 14.2 Å². The van der Waals surface area contributed by atoms with Crippen molar-refractivity contribution in [3.63, 3.8) is 0 Å². The van der Waals surface area contributed by atoms with Gasteiger partial charge in [-0.2, -0.15) is 0 Å². The van der Waals surface area contributed by atoms with Crippen LogP contribution in [0.3, 0.4) is 0 Å². The minimum Gasteiger partial charge on any atom is -0.465 e. The fourth-order valence-electron chi connectivity index (χ4n) is 2.02. The van der Waals surface area contributed by atoms with E-state index in [1.165, 1.54) is 19.1 Å². The smallest absolute Gasteiger partial charge is 0.413 e. The molecule has 104 valence electrons. The van der Waals surface area contributed by atoms with Gasteiger partial charge in [-0.15, -0.1) is 0 Å². The standard InChI is InChI=1S/C12H21NO5/c1-11(2,3)18-10(15)13-8-6-7-12(13,17-5)9(14)16-4/h6-8H2,1-5H3. The van der Waals surface area contributed by atoms with Crippen LogP contribution in [-0.4, -0.2) is 49.1 Å². The van der Waals surface area contributed by atoms with Gasteiger partial charge in [-0.1, -0.05) is 0 Å². The number of methoxy groups -OCH3 is 2. The maximum absolute atomic E-state index is 12.1. The lowest BCUT2D eigenvalue weighted by Gasteiger charge is -2.35. The van der Waals surface area contributed by atoms with Crippen LogP contribution in [-0.2, 0) is 19.0 Å². The van der Waals surface area contributed by atoms with Gasteiger partial charge in [0.05, 0.1) is 7.11 Å². The van der Waals surface area contributed by atoms with Gasteiger partial charge >= 0.3 is 12.1 Å². The number of carbonyl (C=O) groups excluding carboxylic acids is 2. The number of esters is 1. The summed E-state index contributed by atoms with van der Waals surface area (Å²) in [7, 11) is 2.66. The molecule has 1 saturated heterocycles. The van der Waals surface area contributed by atoms with Gasteiger partial charge in [0.2, 0.25) is 5.72 Å². The Bertz CT molecular complexity index is 336. The minimum absolute atomic E-state index is 0.412. The molecule has 0 saturated carbocycles. The fourth-order valence-corrected chi connectivity index (χ4v) is 2.02. The number of nitrogens with zero attached hydrogens (tertiary/aromatic N) is 1. The second-order valence-electron chi connectivity index (χ2n) is 5.22. The average Bonchev–Trinajstić information content (AvgIpc) is 2.70. The Balaban J connectivity index is 2.93. The summed E-state index contributed by atoms with van der Waals surface area (Å²) in [5.41, 5.74) is -1.97. The van der Waals surface area contributed by atoms with Crippen molar-refractivity contribution in [3.8, 4) is 0 Å². The van der Waals surface area contributed by atoms with Crippen molar-refractivity contribution in [1.82, 2.24) is 4.90 Å². The molecule has 0 spiro atoms. The zero-order chi connectivity index (χ0) is 14.0. The molecule has 0 aromatic rings. The molecule has 1 rings (SSSR count). The van der Waals surface area contributed by atoms with Crippen molar-refractivity contribution < 1.29 is 23.8 Å². The average molecular weight is 259 g/mol. The maximum Gasteiger partial charge on any atom is 0.413 e. The van der Waals surface area contributed by atoms with Crippen LogP contribution in [0.1, 0.15) is 33.6 Å². The molecule has 6 nitrogen and oxygen atoms in total. The lowest BCUT2D eigenvalue weighted by Crippen LogP contribution is -2.56. The second kappa shape index (κ2) is 5.14. The van der Waals surface area contributed by atoms with Crippen LogP contribution >= 0.6 is 0 Å². The van der Waals surface area contributed by atoms with Gasteiger partial charge in [0.25, 0.3) is 0 Å². The summed E-state index contributed by atoms with van der Waals surface area (Å²) in [5.74, 6) is -0.576. The molecule has 1 fully saturated rings. The lowest BCUT2D eigenvalue weighted by molar-refractivity contribution is -0.184. The van der Waals surface area contributed by atoms with Gasteiger partial charge in [0.1, 0.15) is 5.60 Å². The summed E-state index contributed by atoms with van der Waals surface area (Å²) in [6, 6.07) is 0. The van der Waals surface area contributed by atoms with Crippen LogP contribution in [0.25, 0.3) is 0 Å². The van der Waals surface area contributed by atoms with E-state index < -0.39 is 23.4 Å². The highest BCUT2D eigenvalue weighted by Gasteiger charge is 2.52. The normalized spacial score (nSPS) is 23.9. The number of amides is 1. The third-order valence-electron chi connectivity index (χ3n) is 2.79. The van der Waals surface area contributed by atoms with Crippen LogP contribution in [0.2, 0.25) is 0 Å². The largest absolute Gasteiger partial charge is 0.465 e. The van der Waals surface area contributed by atoms with Crippen molar-refractivity contribution in [1.29, 1.82) is 0 Å². The number of rotatable bonds is 2. The first kappa shape index (κ1) is 14.8. The molecule has 18 heavy (non-hydrogen) atoms. The first-order chi connectivity index (χ1) is 8.27. The van der Waals surface area contributed by atoms with E-state index in [1.54, 1.807) is 20.8 Å². The van der Waals surface area contributed by atoms with Gasteiger partial charge in [-0.05, 0) is 27.2 Å². The van der Waals surface area contributed by atoms with E-state index in [4.69, 9.17) is 14.2 Å². The minimum atomic E-state index is -1.35. The van der Waals surface area contributed by atoms with E-state index in [-0.39, 0.29) is 0 Å². The molecule has 0 radical (unpaired) electrons. The first-order valence-corrected chi connectivity index (χ1v) is 5.91. The van der Waals surface area contributed by atoms with Crippen LogP contribution < -0.4 is 0 Å². The Morgan fingerprint density at radius 3 is 2.28 bits per heavy atom. The molecule has 6 heteroatoms. The van der Waals surface area contributed by atoms with Crippen molar-refractivity contribution in [2.45, 2.75) is 44.9 Å². The second-order valence-corrected chi connectivity index (χ2v) is 5.22. The number of carbonyl (C=O) groups is 2. The molecule has 0 aromatic heterocycles. The Morgan fingerprint density at radius 1 is 1.22 bits per heavy atom. The van der Waals surface area contributed by atoms with Crippen LogP contribution in [0.4, 0.5) is 4.79 Å². The van der Waals surface area contributed by atoms with Gasteiger partial charge in [0, 0.05) is 20.1 Å². The summed E-state index contributed by atoms with van der Waals surface area (Å²) in [6.45, 7) is 5.73. The molecule has 0 N–H and O–H groups in total. The Kier molecular flexibility index (Phi) is 4.21. The quantitative estimate of drug-likeness (QED) is 0.704. The summed E-state index contributed by atoms with van der Waals surface area (Å²) in [4.78, 5) is 25.2. The number of hydrogen-bond acceptors (Lipinski definition) is 5. The van der Waals surface area contributed by atoms with Crippen molar-refractivity contribution in [2.24, 2.45) is 0 Å². The molecule has 0 bridgehead atoms. The molecular formula is C12H21NO5. The summed E-state index contributed by atoms with van der Waals surface area (Å²) >= 11 is 0. The van der Waals surface area contributed by atoms with E-state index >= 15 is 0 Å². The summed E-state index contributed by atoms with van der Waals surface area (Å²) in [5, 5.41) is 0. The fraction of sp³-hybridized carbons (Fsp3) is 0.833. The monoisotopic (exact) mass is 259 g/mol. The molecule has 0 aliphatic carbocycles. The van der Waals surface area contributed by atoms with Crippen molar-refractivity contribution in [2.75, 3.05) is 20.8 Å². The summed E-state index contributed by atoms with van der Waals surface area (Å²) in [6.07, 6.45) is 0.518. The zero-order valence-electron chi connectivity index (χ0n) is 11.6. The number of hydrogen-bond donors (Lipinski definition) is 0. The molecule has 1 amide bonds. The van der Waals surface area contributed by atoms with Crippen molar-refractivity contribution in [3.05, 3.63) is 0 Å². The molecular weight excluding hydrogens is 238 g/mol. The van der Waals surface area contributed by atoms with E-state index in [1.807, 2.05) is 0 Å². The third kappa shape index (κ3) is 2.75. The van der Waals surface area contributed by atoms with Gasteiger partial charge in [-0.3, -0.25) is 4.90 Å². The van der Waals surface area contributed by atoms with Crippen LogP contribution in [0.5, 0.6) is 0 Å². The predicted molar refractivity (Wildman–Crippen MR) is 63.9 cm³/mol.